The fourth-order valence-electron chi connectivity index (χ4n) is 1.12. The van der Waals surface area contributed by atoms with Crippen molar-refractivity contribution in [3.05, 3.63) is 35.9 Å². The summed E-state index contributed by atoms with van der Waals surface area (Å²) >= 11 is 0. The predicted molar refractivity (Wildman–Crippen MR) is 58.7 cm³/mol. The molecule has 2 nitrogen and oxygen atoms in total. The van der Waals surface area contributed by atoms with Crippen molar-refractivity contribution in [3.8, 4) is 0 Å². The molecule has 0 fully saturated rings. The lowest BCUT2D eigenvalue weighted by molar-refractivity contribution is 1.21. The van der Waals surface area contributed by atoms with Crippen LogP contribution < -0.4 is 11.1 Å². The molecular weight excluding hydrogens is 160 g/mol. The molecule has 0 spiro atoms. The van der Waals surface area contributed by atoms with Gasteiger partial charge in [-0.15, -0.1) is 0 Å². The van der Waals surface area contributed by atoms with Gasteiger partial charge in [-0.2, -0.15) is 0 Å². The van der Waals surface area contributed by atoms with Crippen LogP contribution in [0.3, 0.4) is 0 Å². The summed E-state index contributed by atoms with van der Waals surface area (Å²) in [4.78, 5) is 0. The van der Waals surface area contributed by atoms with Gasteiger partial charge in [0.15, 0.2) is 0 Å². The molecule has 0 aliphatic rings. The van der Waals surface area contributed by atoms with E-state index < -0.39 is 0 Å². The Kier molecular flexibility index (Phi) is 4.06. The second-order valence-electron chi connectivity index (χ2n) is 2.79. The summed E-state index contributed by atoms with van der Waals surface area (Å²) in [5.74, 6) is 0. The Balaban J connectivity index is 2.64. The van der Waals surface area contributed by atoms with E-state index in [0.717, 1.165) is 12.2 Å². The number of nitrogens with one attached hydrogen (secondary N) is 1. The maximum absolute atomic E-state index is 5.35. The van der Waals surface area contributed by atoms with E-state index in [1.54, 1.807) is 0 Å². The molecule has 0 heterocycles. The molecule has 0 unspecified atom stereocenters. The van der Waals surface area contributed by atoms with Crippen LogP contribution in [0.15, 0.2) is 30.3 Å². The van der Waals surface area contributed by atoms with Gasteiger partial charge >= 0.3 is 0 Å². The van der Waals surface area contributed by atoms with Gasteiger partial charge in [-0.3, -0.25) is 0 Å². The second-order valence-corrected chi connectivity index (χ2v) is 2.79. The fraction of sp³-hybridized carbons (Fsp3) is 0.273. The molecule has 0 amide bonds. The third kappa shape index (κ3) is 3.30. The first-order valence-electron chi connectivity index (χ1n) is 4.57. The second kappa shape index (κ2) is 5.38. The molecule has 0 saturated carbocycles. The highest BCUT2D eigenvalue weighted by Gasteiger charge is 1.88. The highest BCUT2D eigenvalue weighted by atomic mass is 14.8. The van der Waals surface area contributed by atoms with Crippen LogP contribution in [-0.4, -0.2) is 13.1 Å². The average molecular weight is 176 g/mol. The van der Waals surface area contributed by atoms with Gasteiger partial charge in [-0.25, -0.2) is 0 Å². The van der Waals surface area contributed by atoms with E-state index in [0.29, 0.717) is 6.54 Å². The first-order chi connectivity index (χ1) is 6.36. The van der Waals surface area contributed by atoms with Crippen LogP contribution in [-0.2, 0) is 0 Å². The zero-order chi connectivity index (χ0) is 9.52. The normalized spacial score (nSPS) is 10.6. The van der Waals surface area contributed by atoms with Crippen molar-refractivity contribution >= 4 is 11.8 Å². The van der Waals surface area contributed by atoms with Crippen LogP contribution in [0.4, 0.5) is 5.69 Å². The van der Waals surface area contributed by atoms with Crippen LogP contribution >= 0.6 is 0 Å². The van der Waals surface area contributed by atoms with Crippen molar-refractivity contribution in [2.24, 2.45) is 5.73 Å². The average Bonchev–Trinajstić information content (AvgIpc) is 2.17. The highest BCUT2D eigenvalue weighted by molar-refractivity contribution is 5.54. The number of benzene rings is 1. The summed E-state index contributed by atoms with van der Waals surface area (Å²) in [5, 5.41) is 3.24. The number of nitrogens with two attached hydrogens (primary N) is 1. The van der Waals surface area contributed by atoms with Crippen molar-refractivity contribution in [3.63, 3.8) is 0 Å². The Morgan fingerprint density at radius 3 is 2.54 bits per heavy atom. The molecule has 1 aromatic rings. The molecule has 0 aliphatic carbocycles. The topological polar surface area (TPSA) is 38.0 Å². The maximum Gasteiger partial charge on any atom is 0.0340 e. The minimum absolute atomic E-state index is 0.592. The number of hydrogen-bond acceptors (Lipinski definition) is 2. The molecule has 0 atom stereocenters. The lowest BCUT2D eigenvalue weighted by atomic mass is 10.2. The molecule has 0 saturated heterocycles. The highest BCUT2D eigenvalue weighted by Crippen LogP contribution is 2.09. The smallest absolute Gasteiger partial charge is 0.0340 e. The van der Waals surface area contributed by atoms with E-state index in [9.17, 15) is 0 Å². The van der Waals surface area contributed by atoms with Crippen LogP contribution in [0, 0.1) is 0 Å². The molecule has 2 heteroatoms. The van der Waals surface area contributed by atoms with Crippen LogP contribution in [0.5, 0.6) is 0 Å². The largest absolute Gasteiger partial charge is 0.385 e. The molecular formula is C11H16N2. The van der Waals surface area contributed by atoms with Gasteiger partial charge in [-0.05, 0) is 24.6 Å². The van der Waals surface area contributed by atoms with Gasteiger partial charge < -0.3 is 11.1 Å². The van der Waals surface area contributed by atoms with Crippen molar-refractivity contribution in [1.29, 1.82) is 0 Å². The summed E-state index contributed by atoms with van der Waals surface area (Å²) in [7, 11) is 0. The molecule has 0 radical (unpaired) electrons. The van der Waals surface area contributed by atoms with E-state index in [-0.39, 0.29) is 0 Å². The molecule has 13 heavy (non-hydrogen) atoms. The van der Waals surface area contributed by atoms with Gasteiger partial charge in [0.2, 0.25) is 0 Å². The van der Waals surface area contributed by atoms with Crippen molar-refractivity contribution in [2.45, 2.75) is 6.92 Å². The van der Waals surface area contributed by atoms with Crippen molar-refractivity contribution in [1.82, 2.24) is 0 Å². The summed E-state index contributed by atoms with van der Waals surface area (Å²) < 4.78 is 0. The lowest BCUT2D eigenvalue weighted by Crippen LogP contribution is -1.95. The van der Waals surface area contributed by atoms with Gasteiger partial charge in [0.1, 0.15) is 0 Å². The Morgan fingerprint density at radius 2 is 2.00 bits per heavy atom. The Bertz CT molecular complexity index is 262. The lowest BCUT2D eigenvalue weighted by Gasteiger charge is -2.02. The number of anilines is 1. The van der Waals surface area contributed by atoms with E-state index in [2.05, 4.69) is 36.5 Å². The van der Waals surface area contributed by atoms with Gasteiger partial charge in [0.05, 0.1) is 0 Å². The standard InChI is InChI=1S/C11H16N2/c1-2-13-11-7-5-10(6-8-11)4-3-9-12/h3-8,13H,2,9,12H2,1H3/b4-3+. The number of rotatable bonds is 4. The van der Waals surface area contributed by atoms with E-state index in [1.165, 1.54) is 5.56 Å². The quantitative estimate of drug-likeness (QED) is 0.737. The van der Waals surface area contributed by atoms with E-state index >= 15 is 0 Å². The van der Waals surface area contributed by atoms with Gasteiger partial charge in [-0.1, -0.05) is 24.3 Å². The van der Waals surface area contributed by atoms with E-state index in [4.69, 9.17) is 5.73 Å². The predicted octanol–water partition coefficient (Wildman–Crippen LogP) is 2.09. The third-order valence-corrected chi connectivity index (χ3v) is 1.74. The monoisotopic (exact) mass is 176 g/mol. The summed E-state index contributed by atoms with van der Waals surface area (Å²) in [6.07, 6.45) is 3.97. The van der Waals surface area contributed by atoms with Crippen LogP contribution in [0.25, 0.3) is 6.08 Å². The Morgan fingerprint density at radius 1 is 1.31 bits per heavy atom. The molecule has 1 aromatic carbocycles. The summed E-state index contributed by atoms with van der Waals surface area (Å²) in [6.45, 7) is 3.63. The summed E-state index contributed by atoms with van der Waals surface area (Å²) in [5.41, 5.74) is 7.70. The molecule has 0 aromatic heterocycles. The van der Waals surface area contributed by atoms with Gasteiger partial charge in [0.25, 0.3) is 0 Å². The molecule has 0 bridgehead atoms. The zero-order valence-electron chi connectivity index (χ0n) is 7.96. The van der Waals surface area contributed by atoms with Gasteiger partial charge in [0, 0.05) is 18.8 Å². The fourth-order valence-corrected chi connectivity index (χ4v) is 1.12. The van der Waals surface area contributed by atoms with Crippen molar-refractivity contribution in [2.75, 3.05) is 18.4 Å². The zero-order valence-corrected chi connectivity index (χ0v) is 7.96. The maximum atomic E-state index is 5.35. The van der Waals surface area contributed by atoms with Crippen LogP contribution in [0.1, 0.15) is 12.5 Å². The molecule has 3 N–H and O–H groups in total. The first kappa shape index (κ1) is 9.81. The first-order valence-corrected chi connectivity index (χ1v) is 4.57. The third-order valence-electron chi connectivity index (χ3n) is 1.74. The minimum Gasteiger partial charge on any atom is -0.385 e. The minimum atomic E-state index is 0.592. The molecule has 1 rings (SSSR count). The van der Waals surface area contributed by atoms with Crippen molar-refractivity contribution < 1.29 is 0 Å². The Labute approximate surface area is 79.5 Å². The Hall–Kier alpha value is -1.28. The van der Waals surface area contributed by atoms with E-state index in [1.807, 2.05) is 12.2 Å². The molecule has 70 valence electrons. The number of hydrogen-bond donors (Lipinski definition) is 2. The summed E-state index contributed by atoms with van der Waals surface area (Å²) in [6, 6.07) is 8.29. The molecule has 0 aliphatic heterocycles. The van der Waals surface area contributed by atoms with Crippen LogP contribution in [0.2, 0.25) is 0 Å². The SMILES string of the molecule is CCNc1ccc(/C=C/CN)cc1.